The molecule has 1 fully saturated rings. The van der Waals surface area contributed by atoms with Crippen molar-refractivity contribution in [2.75, 3.05) is 33.2 Å². The highest BCUT2D eigenvalue weighted by molar-refractivity contribution is 5.95. The van der Waals surface area contributed by atoms with Crippen molar-refractivity contribution in [1.29, 1.82) is 0 Å². The Kier molecular flexibility index (Phi) is 7.89. The molecule has 0 aromatic heterocycles. The lowest BCUT2D eigenvalue weighted by Gasteiger charge is -2.32. The predicted molar refractivity (Wildman–Crippen MR) is 89.0 cm³/mol. The second kappa shape index (κ2) is 9.41. The lowest BCUT2D eigenvalue weighted by molar-refractivity contribution is -0.138. The minimum absolute atomic E-state index is 0.111. The van der Waals surface area contributed by atoms with E-state index in [-0.39, 0.29) is 17.7 Å². The van der Waals surface area contributed by atoms with Gasteiger partial charge in [-0.1, -0.05) is 26.0 Å². The number of azide groups is 1. The summed E-state index contributed by atoms with van der Waals surface area (Å²) in [5.41, 5.74) is 7.20. The number of alkyl halides is 3. The first-order chi connectivity index (χ1) is 11.8. The number of carbonyl (C=O) groups is 1. The molecule has 0 atom stereocenters. The van der Waals surface area contributed by atoms with E-state index in [1.54, 1.807) is 0 Å². The number of halogens is 3. The summed E-state index contributed by atoms with van der Waals surface area (Å²) in [5, 5.41) is 2.83. The van der Waals surface area contributed by atoms with Crippen LogP contribution < -0.4 is 0 Å². The van der Waals surface area contributed by atoms with Crippen LogP contribution in [0.1, 0.15) is 35.3 Å². The Morgan fingerprint density at radius 2 is 1.84 bits per heavy atom. The van der Waals surface area contributed by atoms with Crippen molar-refractivity contribution in [2.24, 2.45) is 5.11 Å². The standard InChI is InChI=1S/C14H16F3N5O.C2H6/c1-21-4-6-22(7-5-21)9-11-3-2-10(13(23)19-20-18)8-12(11)14(15,16)17;1-2/h2-3,8H,4-7,9H2,1H3;1-2H3. The van der Waals surface area contributed by atoms with Gasteiger partial charge in [0.15, 0.2) is 0 Å². The zero-order valence-electron chi connectivity index (χ0n) is 14.5. The van der Waals surface area contributed by atoms with Crippen LogP contribution in [0.4, 0.5) is 13.2 Å². The summed E-state index contributed by atoms with van der Waals surface area (Å²) in [7, 11) is 1.97. The van der Waals surface area contributed by atoms with E-state index in [1.165, 1.54) is 12.1 Å². The molecule has 0 saturated carbocycles. The highest BCUT2D eigenvalue weighted by Crippen LogP contribution is 2.33. The SMILES string of the molecule is CC.CN1CCN(Cc2ccc(C(=O)N=[N+]=[N-])cc2C(F)(F)F)CC1. The Morgan fingerprint density at radius 3 is 2.36 bits per heavy atom. The van der Waals surface area contributed by atoms with Gasteiger partial charge in [-0.3, -0.25) is 9.69 Å². The lowest BCUT2D eigenvalue weighted by atomic mass is 10.0. The molecule has 9 heteroatoms. The predicted octanol–water partition coefficient (Wildman–Crippen LogP) is 3.93. The zero-order valence-corrected chi connectivity index (χ0v) is 14.5. The molecule has 0 aliphatic carbocycles. The van der Waals surface area contributed by atoms with Gasteiger partial charge in [0, 0.05) is 43.2 Å². The van der Waals surface area contributed by atoms with Crippen LogP contribution in [0.5, 0.6) is 0 Å². The summed E-state index contributed by atoms with van der Waals surface area (Å²) in [5.74, 6) is -1.02. The molecule has 1 aliphatic heterocycles. The number of rotatable bonds is 3. The second-order valence-corrected chi connectivity index (χ2v) is 5.44. The molecule has 0 bridgehead atoms. The Balaban J connectivity index is 0.00000151. The van der Waals surface area contributed by atoms with Gasteiger partial charge >= 0.3 is 6.18 Å². The summed E-state index contributed by atoms with van der Waals surface area (Å²) >= 11 is 0. The van der Waals surface area contributed by atoms with Crippen molar-refractivity contribution in [1.82, 2.24) is 9.80 Å². The van der Waals surface area contributed by atoms with E-state index in [2.05, 4.69) is 14.9 Å². The number of hydrogen-bond donors (Lipinski definition) is 0. The first kappa shape index (κ1) is 21.0. The lowest BCUT2D eigenvalue weighted by Crippen LogP contribution is -2.44. The number of amides is 1. The van der Waals surface area contributed by atoms with Crippen LogP contribution in [0.3, 0.4) is 0 Å². The molecule has 0 N–H and O–H groups in total. The van der Waals surface area contributed by atoms with Gasteiger partial charge in [0.25, 0.3) is 0 Å². The van der Waals surface area contributed by atoms with Crippen LogP contribution in [0.25, 0.3) is 10.4 Å². The largest absolute Gasteiger partial charge is 0.416 e. The van der Waals surface area contributed by atoms with Gasteiger partial charge in [0.2, 0.25) is 5.91 Å². The maximum Gasteiger partial charge on any atom is 0.416 e. The van der Waals surface area contributed by atoms with E-state index >= 15 is 0 Å². The molecule has 2 rings (SSSR count). The van der Waals surface area contributed by atoms with Crippen molar-refractivity contribution in [2.45, 2.75) is 26.6 Å². The molecule has 138 valence electrons. The molecule has 0 unspecified atom stereocenters. The summed E-state index contributed by atoms with van der Waals surface area (Å²) in [6.07, 6.45) is -4.57. The normalized spacial score (nSPS) is 15.8. The zero-order chi connectivity index (χ0) is 19.0. The molecule has 25 heavy (non-hydrogen) atoms. The molecule has 1 saturated heterocycles. The first-order valence-electron chi connectivity index (χ1n) is 8.01. The average molecular weight is 357 g/mol. The molecule has 1 aromatic carbocycles. The summed E-state index contributed by atoms with van der Waals surface area (Å²) in [6, 6.07) is 3.29. The quantitative estimate of drug-likeness (QED) is 0.467. The Labute approximate surface area is 144 Å². The highest BCUT2D eigenvalue weighted by Gasteiger charge is 2.34. The molecule has 1 aromatic rings. The number of piperazine rings is 1. The number of likely N-dealkylation sites (N-methyl/N-ethyl adjacent to an activating group) is 1. The topological polar surface area (TPSA) is 72.3 Å². The van der Waals surface area contributed by atoms with Gasteiger partial charge in [-0.25, -0.2) is 0 Å². The Hall–Kier alpha value is -2.09. The molecule has 1 heterocycles. The van der Waals surface area contributed by atoms with Crippen LogP contribution in [-0.4, -0.2) is 48.9 Å². The fourth-order valence-electron chi connectivity index (χ4n) is 2.46. The Bertz CT molecular complexity index is 633. The monoisotopic (exact) mass is 357 g/mol. The minimum atomic E-state index is -4.57. The molecule has 1 aliphatic rings. The molecule has 0 spiro atoms. The first-order valence-corrected chi connectivity index (χ1v) is 8.01. The van der Waals surface area contributed by atoms with Gasteiger partial charge in [-0.2, -0.15) is 13.2 Å². The third-order valence-corrected chi connectivity index (χ3v) is 3.79. The van der Waals surface area contributed by atoms with E-state index in [1.807, 2.05) is 25.8 Å². The van der Waals surface area contributed by atoms with E-state index < -0.39 is 17.6 Å². The third-order valence-electron chi connectivity index (χ3n) is 3.79. The highest BCUT2D eigenvalue weighted by atomic mass is 19.4. The van der Waals surface area contributed by atoms with Crippen LogP contribution >= 0.6 is 0 Å². The van der Waals surface area contributed by atoms with E-state index in [4.69, 9.17) is 5.53 Å². The fraction of sp³-hybridized carbons (Fsp3) is 0.562. The summed E-state index contributed by atoms with van der Waals surface area (Å²) in [4.78, 5) is 17.8. The molecular weight excluding hydrogens is 335 g/mol. The van der Waals surface area contributed by atoms with Gasteiger partial charge in [0.1, 0.15) is 0 Å². The van der Waals surface area contributed by atoms with Gasteiger partial charge < -0.3 is 4.90 Å². The van der Waals surface area contributed by atoms with Crippen molar-refractivity contribution in [3.05, 3.63) is 45.3 Å². The van der Waals surface area contributed by atoms with Crippen LogP contribution in [-0.2, 0) is 12.7 Å². The molecular formula is C16H22F3N5O. The number of nitrogens with zero attached hydrogens (tertiary/aromatic N) is 5. The van der Waals surface area contributed by atoms with Crippen molar-refractivity contribution in [3.8, 4) is 0 Å². The Morgan fingerprint density at radius 1 is 1.24 bits per heavy atom. The van der Waals surface area contributed by atoms with Crippen molar-refractivity contribution in [3.63, 3.8) is 0 Å². The van der Waals surface area contributed by atoms with Crippen molar-refractivity contribution >= 4 is 5.91 Å². The van der Waals surface area contributed by atoms with E-state index in [0.29, 0.717) is 13.1 Å². The van der Waals surface area contributed by atoms with E-state index in [9.17, 15) is 18.0 Å². The van der Waals surface area contributed by atoms with Gasteiger partial charge in [-0.05, 0) is 29.3 Å². The second-order valence-electron chi connectivity index (χ2n) is 5.44. The van der Waals surface area contributed by atoms with Gasteiger partial charge in [0.05, 0.1) is 5.56 Å². The molecule has 6 nitrogen and oxygen atoms in total. The smallest absolute Gasteiger partial charge is 0.304 e. The molecule has 1 amide bonds. The van der Waals surface area contributed by atoms with Crippen LogP contribution in [0.15, 0.2) is 23.3 Å². The number of carbonyl (C=O) groups excluding carboxylic acids is 1. The summed E-state index contributed by atoms with van der Waals surface area (Å²) < 4.78 is 39.8. The third kappa shape index (κ3) is 6.04. The molecule has 0 radical (unpaired) electrons. The van der Waals surface area contributed by atoms with Crippen molar-refractivity contribution < 1.29 is 18.0 Å². The van der Waals surface area contributed by atoms with Crippen LogP contribution in [0.2, 0.25) is 0 Å². The fourth-order valence-corrected chi connectivity index (χ4v) is 2.46. The van der Waals surface area contributed by atoms with E-state index in [0.717, 1.165) is 19.2 Å². The average Bonchev–Trinajstić information content (AvgIpc) is 2.58. The number of benzene rings is 1. The maximum absolute atomic E-state index is 13.3. The summed E-state index contributed by atoms with van der Waals surface area (Å²) in [6.45, 7) is 7.14. The number of hydrogen-bond acceptors (Lipinski definition) is 3. The maximum atomic E-state index is 13.3. The minimum Gasteiger partial charge on any atom is -0.304 e. The van der Waals surface area contributed by atoms with Gasteiger partial charge in [-0.15, -0.1) is 0 Å². The van der Waals surface area contributed by atoms with Crippen LogP contribution in [0, 0.1) is 0 Å².